The monoisotopic (exact) mass is 110 g/mol. The number of nitrogens with one attached hydrogen (secondary N) is 1. The summed E-state index contributed by atoms with van der Waals surface area (Å²) in [5.74, 6) is 2.39. The lowest BCUT2D eigenvalue weighted by Crippen LogP contribution is -2.22. The van der Waals surface area contributed by atoms with Crippen LogP contribution in [0.3, 0.4) is 0 Å². The molecule has 0 aromatic rings. The first kappa shape index (κ1) is 7.52. The maximum absolute atomic E-state index is 6.75. The molecular weight excluding hydrogens is 98.1 g/mol. The van der Waals surface area contributed by atoms with Gasteiger partial charge >= 0.3 is 0 Å². The molecule has 0 saturated heterocycles. The highest BCUT2D eigenvalue weighted by molar-refractivity contribution is 4.91. The van der Waals surface area contributed by atoms with E-state index in [2.05, 4.69) is 18.2 Å². The first-order valence-electron chi connectivity index (χ1n) is 2.94. The highest BCUT2D eigenvalue weighted by Gasteiger charge is 1.95. The summed E-state index contributed by atoms with van der Waals surface area (Å²) in [6.45, 7) is 2.10. The van der Waals surface area contributed by atoms with Crippen LogP contribution < -0.4 is 5.32 Å². The molecule has 0 heterocycles. The Morgan fingerprint density at radius 1 is 1.75 bits per heavy atom. The van der Waals surface area contributed by atoms with E-state index >= 15 is 0 Å². The Labute approximate surface area is 51.5 Å². The van der Waals surface area contributed by atoms with Crippen LogP contribution in [0.2, 0.25) is 0 Å². The molecule has 0 saturated carbocycles. The van der Waals surface area contributed by atoms with Crippen molar-refractivity contribution in [1.82, 2.24) is 5.32 Å². The van der Waals surface area contributed by atoms with Gasteiger partial charge in [0.25, 0.3) is 0 Å². The summed E-state index contributed by atoms with van der Waals surface area (Å²) < 4.78 is 0. The number of rotatable bonds is 3. The number of hydrogen-bond donors (Lipinski definition) is 1. The Balaban J connectivity index is 3.26. The van der Waals surface area contributed by atoms with Crippen LogP contribution in [0.4, 0.5) is 0 Å². The zero-order valence-corrected chi connectivity index (χ0v) is 5.49. The van der Waals surface area contributed by atoms with Crippen LogP contribution in [0.5, 0.6) is 0 Å². The van der Waals surface area contributed by atoms with Crippen molar-refractivity contribution in [3.63, 3.8) is 0 Å². The van der Waals surface area contributed by atoms with E-state index in [1.165, 1.54) is 0 Å². The Bertz CT molecular complexity index is 80.9. The topological polar surface area (TPSA) is 12.0 Å². The van der Waals surface area contributed by atoms with Crippen LogP contribution in [-0.2, 0) is 0 Å². The van der Waals surface area contributed by atoms with Gasteiger partial charge in [-0.15, -0.1) is 0 Å². The molecule has 0 spiro atoms. The van der Waals surface area contributed by atoms with Gasteiger partial charge in [0.2, 0.25) is 0 Å². The van der Waals surface area contributed by atoms with Gasteiger partial charge < -0.3 is 5.32 Å². The standard InChI is InChI=1S/C7H12N/c1-4-6-7(5-2)8-3/h7-8H,4,6H2,1,3H3. The Kier molecular flexibility index (Phi) is 4.39. The van der Waals surface area contributed by atoms with Gasteiger partial charge in [0.05, 0.1) is 6.04 Å². The van der Waals surface area contributed by atoms with Crippen molar-refractivity contribution >= 4 is 0 Å². The summed E-state index contributed by atoms with van der Waals surface area (Å²) in [5, 5.41) is 2.95. The molecule has 0 aromatic heterocycles. The molecule has 0 aliphatic rings. The van der Waals surface area contributed by atoms with E-state index in [4.69, 9.17) is 6.42 Å². The third kappa shape index (κ3) is 2.65. The van der Waals surface area contributed by atoms with Crippen molar-refractivity contribution < 1.29 is 0 Å². The van der Waals surface area contributed by atoms with Crippen molar-refractivity contribution in [3.05, 3.63) is 6.42 Å². The van der Waals surface area contributed by atoms with Gasteiger partial charge in [0.1, 0.15) is 0 Å². The first-order chi connectivity index (χ1) is 3.85. The van der Waals surface area contributed by atoms with Crippen LogP contribution in [0, 0.1) is 12.3 Å². The van der Waals surface area contributed by atoms with Gasteiger partial charge in [0, 0.05) is 0 Å². The molecule has 1 atom stereocenters. The van der Waals surface area contributed by atoms with Crippen molar-refractivity contribution in [3.8, 4) is 5.92 Å². The maximum Gasteiger partial charge on any atom is 0.0697 e. The zero-order chi connectivity index (χ0) is 6.41. The van der Waals surface area contributed by atoms with Gasteiger partial charge in [-0.1, -0.05) is 19.3 Å². The summed E-state index contributed by atoms with van der Waals surface area (Å²) in [7, 11) is 1.85. The molecule has 1 radical (unpaired) electrons. The highest BCUT2D eigenvalue weighted by Crippen LogP contribution is 1.91. The van der Waals surface area contributed by atoms with E-state index in [1.807, 2.05) is 7.05 Å². The summed E-state index contributed by atoms with van der Waals surface area (Å²) in [5.41, 5.74) is 0. The molecule has 0 amide bonds. The van der Waals surface area contributed by atoms with Gasteiger partial charge in [-0.05, 0) is 19.9 Å². The van der Waals surface area contributed by atoms with Gasteiger partial charge in [-0.3, -0.25) is 0 Å². The minimum absolute atomic E-state index is 0.167. The third-order valence-electron chi connectivity index (χ3n) is 1.10. The number of hydrogen-bond acceptors (Lipinski definition) is 1. The lowest BCUT2D eigenvalue weighted by atomic mass is 10.2. The summed E-state index contributed by atoms with van der Waals surface area (Å²) in [6, 6.07) is 0.167. The fourth-order valence-corrected chi connectivity index (χ4v) is 0.577. The minimum Gasteiger partial charge on any atom is -0.307 e. The molecule has 1 nitrogen and oxygen atoms in total. The fraction of sp³-hybridized carbons (Fsp3) is 0.714. The molecular formula is C7H12N. The average Bonchev–Trinajstić information content (AvgIpc) is 1.83. The summed E-state index contributed by atoms with van der Waals surface area (Å²) in [6.07, 6.45) is 8.87. The molecule has 1 heteroatoms. The van der Waals surface area contributed by atoms with E-state index in [9.17, 15) is 0 Å². The van der Waals surface area contributed by atoms with Crippen molar-refractivity contribution in [1.29, 1.82) is 0 Å². The van der Waals surface area contributed by atoms with E-state index in [1.54, 1.807) is 0 Å². The second-order valence-corrected chi connectivity index (χ2v) is 1.77. The normalized spacial score (nSPS) is 12.6. The van der Waals surface area contributed by atoms with E-state index in [0.29, 0.717) is 0 Å². The third-order valence-corrected chi connectivity index (χ3v) is 1.10. The molecule has 0 aliphatic carbocycles. The van der Waals surface area contributed by atoms with Crippen LogP contribution in [0.25, 0.3) is 0 Å². The predicted octanol–water partition coefficient (Wildman–Crippen LogP) is 0.964. The lowest BCUT2D eigenvalue weighted by molar-refractivity contribution is 0.620. The maximum atomic E-state index is 6.75. The van der Waals surface area contributed by atoms with Crippen molar-refractivity contribution in [2.45, 2.75) is 25.8 Å². The van der Waals surface area contributed by atoms with Crippen molar-refractivity contribution in [2.24, 2.45) is 0 Å². The van der Waals surface area contributed by atoms with E-state index < -0.39 is 0 Å². The van der Waals surface area contributed by atoms with Crippen LogP contribution in [-0.4, -0.2) is 13.1 Å². The Morgan fingerprint density at radius 3 is 2.50 bits per heavy atom. The zero-order valence-electron chi connectivity index (χ0n) is 5.49. The Morgan fingerprint density at radius 2 is 2.38 bits per heavy atom. The van der Waals surface area contributed by atoms with Crippen LogP contribution >= 0.6 is 0 Å². The molecule has 0 bridgehead atoms. The molecule has 8 heavy (non-hydrogen) atoms. The van der Waals surface area contributed by atoms with Gasteiger partial charge in [0.15, 0.2) is 0 Å². The smallest absolute Gasteiger partial charge is 0.0697 e. The minimum atomic E-state index is 0.167. The van der Waals surface area contributed by atoms with Crippen LogP contribution in [0.15, 0.2) is 0 Å². The Hall–Kier alpha value is -0.480. The van der Waals surface area contributed by atoms with Crippen molar-refractivity contribution in [2.75, 3.05) is 7.05 Å². The van der Waals surface area contributed by atoms with E-state index in [-0.39, 0.29) is 6.04 Å². The second-order valence-electron chi connectivity index (χ2n) is 1.77. The lowest BCUT2D eigenvalue weighted by Gasteiger charge is -2.04. The highest BCUT2D eigenvalue weighted by atomic mass is 14.8. The molecule has 45 valence electrons. The van der Waals surface area contributed by atoms with Gasteiger partial charge in [-0.25, -0.2) is 0 Å². The molecule has 0 aliphatic heterocycles. The fourth-order valence-electron chi connectivity index (χ4n) is 0.577. The molecule has 0 rings (SSSR count). The summed E-state index contributed by atoms with van der Waals surface area (Å²) in [4.78, 5) is 0. The molecule has 0 aromatic carbocycles. The van der Waals surface area contributed by atoms with Crippen LogP contribution in [0.1, 0.15) is 19.8 Å². The quantitative estimate of drug-likeness (QED) is 0.534. The molecule has 1 N–H and O–H groups in total. The first-order valence-corrected chi connectivity index (χ1v) is 2.94. The predicted molar refractivity (Wildman–Crippen MR) is 34.9 cm³/mol. The SMILES string of the molecule is [C]#CC(CCC)NC. The largest absolute Gasteiger partial charge is 0.307 e. The summed E-state index contributed by atoms with van der Waals surface area (Å²) >= 11 is 0. The second kappa shape index (κ2) is 4.67. The molecule has 1 unspecified atom stereocenters. The molecule has 0 fully saturated rings. The van der Waals surface area contributed by atoms with E-state index in [0.717, 1.165) is 12.8 Å². The van der Waals surface area contributed by atoms with Gasteiger partial charge in [-0.2, -0.15) is 0 Å². The average molecular weight is 110 g/mol.